The van der Waals surface area contributed by atoms with Gasteiger partial charge in [0, 0.05) is 0 Å². The highest BCUT2D eigenvalue weighted by atomic mass is 32.2. The molecule has 2 atom stereocenters. The lowest BCUT2D eigenvalue weighted by molar-refractivity contribution is -0.120. The van der Waals surface area contributed by atoms with Gasteiger partial charge in [-0.15, -0.1) is 5.10 Å². The van der Waals surface area contributed by atoms with Gasteiger partial charge in [-0.2, -0.15) is 0 Å². The molecule has 0 radical (unpaired) electrons. The van der Waals surface area contributed by atoms with Crippen molar-refractivity contribution >= 4 is 28.4 Å². The molecule has 0 saturated heterocycles. The van der Waals surface area contributed by atoms with E-state index in [9.17, 15) is 4.79 Å². The van der Waals surface area contributed by atoms with Crippen molar-refractivity contribution in [2.24, 2.45) is 0 Å². The number of nitrogens with one attached hydrogen (secondary N) is 1. The molecule has 1 aromatic heterocycles. The number of fused-ring (bicyclic) bond motifs is 1. The van der Waals surface area contributed by atoms with E-state index in [1.165, 1.54) is 22.5 Å². The van der Waals surface area contributed by atoms with E-state index in [1.807, 2.05) is 30.7 Å². The summed E-state index contributed by atoms with van der Waals surface area (Å²) in [4.78, 5) is 12.6. The van der Waals surface area contributed by atoms with Crippen molar-refractivity contribution in [1.29, 1.82) is 0 Å². The minimum atomic E-state index is -0.263. The van der Waals surface area contributed by atoms with E-state index in [0.717, 1.165) is 18.4 Å². The molecular weight excluding hydrogens is 346 g/mol. The van der Waals surface area contributed by atoms with Crippen LogP contribution in [0.25, 0.3) is 10.8 Å². The predicted octanol–water partition coefficient (Wildman–Crippen LogP) is 3.52. The zero-order valence-corrected chi connectivity index (χ0v) is 15.6. The molecule has 3 aromatic rings. The molecule has 7 heteroatoms. The zero-order chi connectivity index (χ0) is 18.1. The first-order valence-electron chi connectivity index (χ1n) is 8.85. The number of aromatic nitrogens is 4. The van der Waals surface area contributed by atoms with Crippen LogP contribution < -0.4 is 5.32 Å². The fraction of sp³-hybridized carbons (Fsp3) is 0.368. The maximum Gasteiger partial charge on any atom is 0.233 e. The van der Waals surface area contributed by atoms with E-state index in [0.29, 0.717) is 11.2 Å². The van der Waals surface area contributed by atoms with Gasteiger partial charge in [-0.25, -0.2) is 4.68 Å². The van der Waals surface area contributed by atoms with Crippen LogP contribution in [0.5, 0.6) is 0 Å². The molecule has 1 heterocycles. The van der Waals surface area contributed by atoms with Gasteiger partial charge in [0.1, 0.15) is 0 Å². The van der Waals surface area contributed by atoms with Crippen LogP contribution in [-0.4, -0.2) is 31.4 Å². The van der Waals surface area contributed by atoms with Crippen LogP contribution in [0, 0.1) is 0 Å². The van der Waals surface area contributed by atoms with Crippen LogP contribution in [0.3, 0.4) is 0 Å². The second-order valence-corrected chi connectivity index (χ2v) is 8.04. The predicted molar refractivity (Wildman–Crippen MR) is 102 cm³/mol. The average Bonchev–Trinajstić information content (AvgIpc) is 3.40. The molecule has 0 spiro atoms. The molecule has 0 bridgehead atoms. The number of nitrogens with zero attached hydrogens (tertiary/aromatic N) is 4. The molecule has 4 rings (SSSR count). The lowest BCUT2D eigenvalue weighted by Crippen LogP contribution is -2.33. The molecule has 134 valence electrons. The lowest BCUT2D eigenvalue weighted by atomic mass is 10.0. The smallest absolute Gasteiger partial charge is 0.233 e. The quantitative estimate of drug-likeness (QED) is 0.675. The molecule has 26 heavy (non-hydrogen) atoms. The van der Waals surface area contributed by atoms with Crippen molar-refractivity contribution in [3.63, 3.8) is 0 Å². The minimum absolute atomic E-state index is 0.0130. The van der Waals surface area contributed by atoms with E-state index in [-0.39, 0.29) is 17.2 Å². The summed E-state index contributed by atoms with van der Waals surface area (Å²) in [6.45, 7) is 3.90. The van der Waals surface area contributed by atoms with Gasteiger partial charge in [-0.1, -0.05) is 48.2 Å². The first-order valence-corrected chi connectivity index (χ1v) is 9.73. The van der Waals surface area contributed by atoms with Gasteiger partial charge >= 0.3 is 0 Å². The van der Waals surface area contributed by atoms with Crippen molar-refractivity contribution in [3.8, 4) is 0 Å². The Morgan fingerprint density at radius 1 is 1.19 bits per heavy atom. The minimum Gasteiger partial charge on any atom is -0.349 e. The third kappa shape index (κ3) is 3.58. The molecular formula is C19H21N5OS. The largest absolute Gasteiger partial charge is 0.349 e. The van der Waals surface area contributed by atoms with Crippen molar-refractivity contribution in [3.05, 3.63) is 48.0 Å². The monoisotopic (exact) mass is 367 g/mol. The van der Waals surface area contributed by atoms with Crippen molar-refractivity contribution < 1.29 is 4.79 Å². The van der Waals surface area contributed by atoms with Crippen molar-refractivity contribution in [2.45, 2.75) is 49.2 Å². The third-order valence-electron chi connectivity index (χ3n) is 4.64. The van der Waals surface area contributed by atoms with Gasteiger partial charge in [0.05, 0.1) is 17.3 Å². The second-order valence-electron chi connectivity index (χ2n) is 6.73. The highest BCUT2D eigenvalue weighted by molar-refractivity contribution is 8.00. The summed E-state index contributed by atoms with van der Waals surface area (Å²) in [5, 5.41) is 17.8. The highest BCUT2D eigenvalue weighted by Gasteiger charge is 2.29. The first kappa shape index (κ1) is 17.0. The molecule has 6 nitrogen and oxygen atoms in total. The van der Waals surface area contributed by atoms with Gasteiger partial charge in [-0.05, 0) is 59.5 Å². The fourth-order valence-electron chi connectivity index (χ4n) is 2.91. The van der Waals surface area contributed by atoms with Crippen LogP contribution in [-0.2, 0) is 4.79 Å². The maximum absolute atomic E-state index is 12.6. The SMILES string of the molecule is CC(Sc1nnnn1C1CC1)C(=O)NC(C)c1ccc2ccccc2c1. The summed E-state index contributed by atoms with van der Waals surface area (Å²) in [7, 11) is 0. The Hall–Kier alpha value is -2.41. The summed E-state index contributed by atoms with van der Waals surface area (Å²) in [6, 6.07) is 14.9. The molecule has 2 unspecified atom stereocenters. The number of carbonyl (C=O) groups is 1. The van der Waals surface area contributed by atoms with Crippen LogP contribution in [0.4, 0.5) is 0 Å². The Labute approximate surface area is 156 Å². The van der Waals surface area contributed by atoms with Gasteiger partial charge in [0.25, 0.3) is 0 Å². The molecule has 0 aliphatic heterocycles. The number of rotatable bonds is 6. The van der Waals surface area contributed by atoms with Crippen LogP contribution in [0.15, 0.2) is 47.6 Å². The maximum atomic E-state index is 12.6. The summed E-state index contributed by atoms with van der Waals surface area (Å²) < 4.78 is 1.83. The number of hydrogen-bond acceptors (Lipinski definition) is 5. The van der Waals surface area contributed by atoms with Gasteiger partial charge < -0.3 is 5.32 Å². The summed E-state index contributed by atoms with van der Waals surface area (Å²) in [6.07, 6.45) is 2.22. The number of tetrazole rings is 1. The van der Waals surface area contributed by atoms with Crippen LogP contribution in [0.2, 0.25) is 0 Å². The van der Waals surface area contributed by atoms with E-state index in [1.54, 1.807) is 0 Å². The molecule has 2 aromatic carbocycles. The standard InChI is InChI=1S/C19H21N5OS/c1-12(15-8-7-14-5-3-4-6-16(14)11-15)20-18(25)13(2)26-19-21-22-23-24(19)17-9-10-17/h3-8,11-13,17H,9-10H2,1-2H3,(H,20,25). The Morgan fingerprint density at radius 3 is 2.73 bits per heavy atom. The first-order chi connectivity index (χ1) is 12.6. The normalized spacial score (nSPS) is 16.4. The number of thioether (sulfide) groups is 1. The topological polar surface area (TPSA) is 72.7 Å². The highest BCUT2D eigenvalue weighted by Crippen LogP contribution is 2.37. The number of amides is 1. The second kappa shape index (κ2) is 7.07. The Kier molecular flexibility index (Phi) is 4.63. The summed E-state index contributed by atoms with van der Waals surface area (Å²) in [5.41, 5.74) is 1.09. The Balaban J connectivity index is 1.41. The van der Waals surface area contributed by atoms with Gasteiger partial charge in [0.2, 0.25) is 11.1 Å². The Bertz CT molecular complexity index is 936. The number of benzene rings is 2. The molecule has 1 aliphatic rings. The van der Waals surface area contributed by atoms with E-state index in [4.69, 9.17) is 0 Å². The molecule has 1 amide bonds. The van der Waals surface area contributed by atoms with Crippen molar-refractivity contribution in [2.75, 3.05) is 0 Å². The molecule has 1 fully saturated rings. The number of carbonyl (C=O) groups excluding carboxylic acids is 1. The molecule has 1 aliphatic carbocycles. The lowest BCUT2D eigenvalue weighted by Gasteiger charge is -2.18. The Morgan fingerprint density at radius 2 is 1.96 bits per heavy atom. The van der Waals surface area contributed by atoms with Crippen molar-refractivity contribution in [1.82, 2.24) is 25.5 Å². The van der Waals surface area contributed by atoms with E-state index in [2.05, 4.69) is 51.2 Å². The zero-order valence-electron chi connectivity index (χ0n) is 14.8. The average molecular weight is 367 g/mol. The number of hydrogen-bond donors (Lipinski definition) is 1. The summed E-state index contributed by atoms with van der Waals surface area (Å²) in [5.74, 6) is -0.0130. The summed E-state index contributed by atoms with van der Waals surface area (Å²) >= 11 is 1.41. The molecule has 1 saturated carbocycles. The third-order valence-corrected chi connectivity index (χ3v) is 5.69. The van der Waals surface area contributed by atoms with E-state index < -0.39 is 0 Å². The van der Waals surface area contributed by atoms with Crippen LogP contribution in [0.1, 0.15) is 44.3 Å². The van der Waals surface area contributed by atoms with Crippen LogP contribution >= 0.6 is 11.8 Å². The van der Waals surface area contributed by atoms with Gasteiger partial charge in [0.15, 0.2) is 0 Å². The van der Waals surface area contributed by atoms with Gasteiger partial charge in [-0.3, -0.25) is 4.79 Å². The molecule has 1 N–H and O–H groups in total. The van der Waals surface area contributed by atoms with E-state index >= 15 is 0 Å². The fourth-order valence-corrected chi connectivity index (χ4v) is 3.78.